The zero-order valence-electron chi connectivity index (χ0n) is 8.70. The molecule has 0 amide bonds. The van der Waals surface area contributed by atoms with Gasteiger partial charge < -0.3 is 5.32 Å². The second-order valence-corrected chi connectivity index (χ2v) is 3.34. The Morgan fingerprint density at radius 3 is 2.93 bits per heavy atom. The first kappa shape index (κ1) is 9.86. The van der Waals surface area contributed by atoms with Crippen molar-refractivity contribution >= 4 is 0 Å². The van der Waals surface area contributed by atoms with E-state index in [0.717, 1.165) is 24.4 Å². The van der Waals surface area contributed by atoms with Crippen LogP contribution in [0.2, 0.25) is 0 Å². The maximum absolute atomic E-state index is 4.17. The third-order valence-electron chi connectivity index (χ3n) is 2.33. The van der Waals surface area contributed by atoms with E-state index in [1.165, 1.54) is 11.9 Å². The number of H-pyrrole nitrogens is 1. The summed E-state index contributed by atoms with van der Waals surface area (Å²) in [5.41, 5.74) is 2.41. The van der Waals surface area contributed by atoms with Crippen LogP contribution in [-0.2, 0) is 6.42 Å². The fourth-order valence-corrected chi connectivity index (χ4v) is 1.56. The maximum atomic E-state index is 4.17. The molecule has 2 aromatic rings. The van der Waals surface area contributed by atoms with Gasteiger partial charge in [-0.15, -0.1) is 0 Å². The summed E-state index contributed by atoms with van der Waals surface area (Å²) >= 11 is 0. The molecule has 0 atom stereocenters. The SMILES string of the molecule is CNCCc1ccccc1-c1ncn[nH]1. The van der Waals surface area contributed by atoms with Crippen molar-refractivity contribution in [3.8, 4) is 11.4 Å². The highest BCUT2D eigenvalue weighted by atomic mass is 15.2. The van der Waals surface area contributed by atoms with Crippen LogP contribution >= 0.6 is 0 Å². The van der Waals surface area contributed by atoms with E-state index < -0.39 is 0 Å². The Kier molecular flexibility index (Phi) is 3.09. The highest BCUT2D eigenvalue weighted by molar-refractivity contribution is 5.59. The van der Waals surface area contributed by atoms with Crippen molar-refractivity contribution in [2.75, 3.05) is 13.6 Å². The molecular formula is C11H14N4. The van der Waals surface area contributed by atoms with Gasteiger partial charge in [-0.2, -0.15) is 5.10 Å². The summed E-state index contributed by atoms with van der Waals surface area (Å²) < 4.78 is 0. The topological polar surface area (TPSA) is 53.6 Å². The van der Waals surface area contributed by atoms with Crippen LogP contribution in [0.1, 0.15) is 5.56 Å². The molecule has 0 aliphatic rings. The van der Waals surface area contributed by atoms with Gasteiger partial charge in [0.1, 0.15) is 6.33 Å². The van der Waals surface area contributed by atoms with Crippen molar-refractivity contribution in [3.63, 3.8) is 0 Å². The minimum Gasteiger partial charge on any atom is -0.319 e. The molecule has 0 saturated carbocycles. The van der Waals surface area contributed by atoms with Gasteiger partial charge in [-0.3, -0.25) is 5.10 Å². The summed E-state index contributed by atoms with van der Waals surface area (Å²) in [6.45, 7) is 0.963. The molecule has 4 heteroatoms. The summed E-state index contributed by atoms with van der Waals surface area (Å²) in [4.78, 5) is 4.17. The van der Waals surface area contributed by atoms with Gasteiger partial charge in [0.25, 0.3) is 0 Å². The Hall–Kier alpha value is -1.68. The van der Waals surface area contributed by atoms with Gasteiger partial charge in [-0.25, -0.2) is 4.98 Å². The lowest BCUT2D eigenvalue weighted by molar-refractivity contribution is 0.792. The third kappa shape index (κ3) is 2.22. The van der Waals surface area contributed by atoms with E-state index in [4.69, 9.17) is 0 Å². The number of benzene rings is 1. The van der Waals surface area contributed by atoms with Crippen LogP contribution in [0.5, 0.6) is 0 Å². The van der Waals surface area contributed by atoms with Crippen LogP contribution < -0.4 is 5.32 Å². The van der Waals surface area contributed by atoms with E-state index in [-0.39, 0.29) is 0 Å². The van der Waals surface area contributed by atoms with Crippen molar-refractivity contribution in [1.29, 1.82) is 0 Å². The van der Waals surface area contributed by atoms with Crippen LogP contribution in [0.25, 0.3) is 11.4 Å². The fraction of sp³-hybridized carbons (Fsp3) is 0.273. The molecular weight excluding hydrogens is 188 g/mol. The van der Waals surface area contributed by atoms with Crippen LogP contribution in [0, 0.1) is 0 Å². The molecule has 4 nitrogen and oxygen atoms in total. The van der Waals surface area contributed by atoms with Crippen molar-refractivity contribution in [2.24, 2.45) is 0 Å². The molecule has 0 bridgehead atoms. The van der Waals surface area contributed by atoms with E-state index in [0.29, 0.717) is 0 Å². The Labute approximate surface area is 88.8 Å². The molecule has 15 heavy (non-hydrogen) atoms. The van der Waals surface area contributed by atoms with Crippen molar-refractivity contribution in [3.05, 3.63) is 36.2 Å². The maximum Gasteiger partial charge on any atom is 0.155 e. The number of likely N-dealkylation sites (N-methyl/N-ethyl adjacent to an activating group) is 1. The number of aromatic nitrogens is 3. The summed E-state index contributed by atoms with van der Waals surface area (Å²) in [6.07, 6.45) is 2.53. The van der Waals surface area contributed by atoms with E-state index in [2.05, 4.69) is 32.6 Å². The Balaban J connectivity index is 2.30. The minimum atomic E-state index is 0.835. The largest absolute Gasteiger partial charge is 0.319 e. The lowest BCUT2D eigenvalue weighted by atomic mass is 10.0. The molecule has 0 aliphatic carbocycles. The highest BCUT2D eigenvalue weighted by Crippen LogP contribution is 2.19. The number of aromatic amines is 1. The van der Waals surface area contributed by atoms with Crippen molar-refractivity contribution in [1.82, 2.24) is 20.5 Å². The van der Waals surface area contributed by atoms with Gasteiger partial charge in [0.15, 0.2) is 5.82 Å². The first-order valence-corrected chi connectivity index (χ1v) is 5.00. The first-order chi connectivity index (χ1) is 7.42. The summed E-state index contributed by atoms with van der Waals surface area (Å²) in [5, 5.41) is 9.90. The van der Waals surface area contributed by atoms with Gasteiger partial charge in [-0.05, 0) is 25.6 Å². The average Bonchev–Trinajstić information content (AvgIpc) is 2.80. The first-order valence-electron chi connectivity index (χ1n) is 5.00. The van der Waals surface area contributed by atoms with E-state index >= 15 is 0 Å². The second-order valence-electron chi connectivity index (χ2n) is 3.34. The van der Waals surface area contributed by atoms with E-state index in [1.807, 2.05) is 19.2 Å². The van der Waals surface area contributed by atoms with Gasteiger partial charge in [0, 0.05) is 5.56 Å². The van der Waals surface area contributed by atoms with E-state index in [1.54, 1.807) is 0 Å². The highest BCUT2D eigenvalue weighted by Gasteiger charge is 2.05. The number of hydrogen-bond acceptors (Lipinski definition) is 3. The molecule has 0 saturated heterocycles. The molecule has 0 unspecified atom stereocenters. The number of hydrogen-bond donors (Lipinski definition) is 2. The smallest absolute Gasteiger partial charge is 0.155 e. The Bertz CT molecular complexity index is 408. The quantitative estimate of drug-likeness (QED) is 0.784. The van der Waals surface area contributed by atoms with Gasteiger partial charge in [0.05, 0.1) is 0 Å². The summed E-state index contributed by atoms with van der Waals surface area (Å²) in [6, 6.07) is 8.24. The Morgan fingerprint density at radius 1 is 1.33 bits per heavy atom. The predicted octanol–water partition coefficient (Wildman–Crippen LogP) is 1.23. The van der Waals surface area contributed by atoms with Gasteiger partial charge in [0.2, 0.25) is 0 Å². The normalized spacial score (nSPS) is 10.5. The lowest BCUT2D eigenvalue weighted by Gasteiger charge is -2.06. The van der Waals surface area contributed by atoms with Crippen LogP contribution in [0.3, 0.4) is 0 Å². The molecule has 2 rings (SSSR count). The summed E-state index contributed by atoms with van der Waals surface area (Å²) in [7, 11) is 1.96. The van der Waals surface area contributed by atoms with Crippen LogP contribution in [0.15, 0.2) is 30.6 Å². The predicted molar refractivity (Wildman–Crippen MR) is 59.4 cm³/mol. The molecule has 0 aliphatic heterocycles. The number of nitrogens with zero attached hydrogens (tertiary/aromatic N) is 2. The summed E-state index contributed by atoms with van der Waals surface area (Å²) in [5.74, 6) is 0.835. The molecule has 1 aromatic heterocycles. The molecule has 0 radical (unpaired) electrons. The molecule has 2 N–H and O–H groups in total. The molecule has 0 fully saturated rings. The van der Waals surface area contributed by atoms with E-state index in [9.17, 15) is 0 Å². The second kappa shape index (κ2) is 4.70. The fourth-order valence-electron chi connectivity index (χ4n) is 1.56. The monoisotopic (exact) mass is 202 g/mol. The van der Waals surface area contributed by atoms with Gasteiger partial charge >= 0.3 is 0 Å². The van der Waals surface area contributed by atoms with Crippen molar-refractivity contribution < 1.29 is 0 Å². The van der Waals surface area contributed by atoms with Crippen molar-refractivity contribution in [2.45, 2.75) is 6.42 Å². The molecule has 1 aromatic carbocycles. The zero-order valence-corrected chi connectivity index (χ0v) is 8.70. The molecule has 78 valence electrons. The number of rotatable bonds is 4. The minimum absolute atomic E-state index is 0.835. The van der Waals surface area contributed by atoms with Crippen LogP contribution in [-0.4, -0.2) is 28.8 Å². The molecule has 0 spiro atoms. The Morgan fingerprint density at radius 2 is 2.20 bits per heavy atom. The standard InChI is InChI=1S/C11H14N4/c1-12-7-6-9-4-2-3-5-10(9)11-13-8-14-15-11/h2-5,8,12H,6-7H2,1H3,(H,13,14,15). The number of nitrogens with one attached hydrogen (secondary N) is 2. The third-order valence-corrected chi connectivity index (χ3v) is 2.33. The zero-order chi connectivity index (χ0) is 10.5. The van der Waals surface area contributed by atoms with Gasteiger partial charge in [-0.1, -0.05) is 24.3 Å². The van der Waals surface area contributed by atoms with Crippen LogP contribution in [0.4, 0.5) is 0 Å². The molecule has 1 heterocycles. The lowest BCUT2D eigenvalue weighted by Crippen LogP contribution is -2.10. The average molecular weight is 202 g/mol.